The molecular formula is C14H20BrFN2O2S. The van der Waals surface area contributed by atoms with E-state index in [2.05, 4.69) is 15.9 Å². The molecule has 1 saturated carbocycles. The molecule has 4 nitrogen and oxygen atoms in total. The van der Waals surface area contributed by atoms with Gasteiger partial charge in [0.15, 0.2) is 0 Å². The van der Waals surface area contributed by atoms with Crippen molar-refractivity contribution in [3.05, 3.63) is 28.0 Å². The minimum absolute atomic E-state index is 0.0375. The van der Waals surface area contributed by atoms with Crippen molar-refractivity contribution in [1.82, 2.24) is 4.31 Å². The number of sulfonamides is 1. The van der Waals surface area contributed by atoms with Crippen molar-refractivity contribution < 1.29 is 12.8 Å². The highest BCUT2D eigenvalue weighted by molar-refractivity contribution is 9.10. The zero-order valence-corrected chi connectivity index (χ0v) is 14.4. The molecule has 21 heavy (non-hydrogen) atoms. The van der Waals surface area contributed by atoms with Gasteiger partial charge < -0.3 is 5.73 Å². The molecule has 2 rings (SSSR count). The van der Waals surface area contributed by atoms with Crippen LogP contribution in [-0.4, -0.2) is 25.8 Å². The molecule has 1 fully saturated rings. The van der Waals surface area contributed by atoms with Gasteiger partial charge in [-0.25, -0.2) is 12.8 Å². The van der Waals surface area contributed by atoms with E-state index in [1.54, 1.807) is 0 Å². The first kappa shape index (κ1) is 16.9. The van der Waals surface area contributed by atoms with Gasteiger partial charge in [0.05, 0.1) is 0 Å². The molecule has 7 heteroatoms. The second-order valence-electron chi connectivity index (χ2n) is 5.39. The highest BCUT2D eigenvalue weighted by atomic mass is 79.9. The molecule has 0 amide bonds. The number of nitrogens with zero attached hydrogens (tertiary/aromatic N) is 1. The zero-order valence-electron chi connectivity index (χ0n) is 12.0. The highest BCUT2D eigenvalue weighted by Crippen LogP contribution is 2.33. The molecule has 0 saturated heterocycles. The van der Waals surface area contributed by atoms with Gasteiger partial charge in [0.1, 0.15) is 10.7 Å². The van der Waals surface area contributed by atoms with E-state index < -0.39 is 15.8 Å². The van der Waals surface area contributed by atoms with Gasteiger partial charge in [0.2, 0.25) is 10.0 Å². The smallest absolute Gasteiger partial charge is 0.246 e. The van der Waals surface area contributed by atoms with E-state index in [0.29, 0.717) is 29.9 Å². The van der Waals surface area contributed by atoms with Gasteiger partial charge in [-0.2, -0.15) is 4.31 Å². The number of hydrogen-bond acceptors (Lipinski definition) is 3. The standard InChI is InChI=1S/C14H20BrFN2O2S/c1-2-5-18(9-10-3-4-10)21(19,20)13-7-12(15)6-11(8-17)14(13)16/h6-7,10H,2-5,8-9,17H2,1H3. The normalized spacial score (nSPS) is 15.7. The summed E-state index contributed by atoms with van der Waals surface area (Å²) in [5.41, 5.74) is 5.69. The molecule has 0 heterocycles. The Balaban J connectivity index is 2.43. The topological polar surface area (TPSA) is 63.4 Å². The van der Waals surface area contributed by atoms with E-state index in [1.807, 2.05) is 6.92 Å². The number of halogens is 2. The van der Waals surface area contributed by atoms with Crippen molar-refractivity contribution in [2.45, 2.75) is 37.6 Å². The number of nitrogens with two attached hydrogens (primary N) is 1. The minimum Gasteiger partial charge on any atom is -0.326 e. The molecule has 0 unspecified atom stereocenters. The summed E-state index contributed by atoms with van der Waals surface area (Å²) in [6.07, 6.45) is 2.79. The molecular weight excluding hydrogens is 359 g/mol. The van der Waals surface area contributed by atoms with Crippen LogP contribution in [0.4, 0.5) is 4.39 Å². The first-order valence-corrected chi connectivity index (χ1v) is 9.31. The van der Waals surface area contributed by atoms with Crippen LogP contribution in [-0.2, 0) is 16.6 Å². The number of rotatable bonds is 7. The maximum atomic E-state index is 14.4. The summed E-state index contributed by atoms with van der Waals surface area (Å²) >= 11 is 3.23. The molecule has 1 aromatic carbocycles. The van der Waals surface area contributed by atoms with Crippen LogP contribution in [0.25, 0.3) is 0 Å². The molecule has 0 aromatic heterocycles. The molecule has 1 aliphatic carbocycles. The monoisotopic (exact) mass is 378 g/mol. The van der Waals surface area contributed by atoms with Crippen molar-refractivity contribution in [1.29, 1.82) is 0 Å². The lowest BCUT2D eigenvalue weighted by Crippen LogP contribution is -2.34. The van der Waals surface area contributed by atoms with Crippen molar-refractivity contribution >= 4 is 26.0 Å². The lowest BCUT2D eigenvalue weighted by Gasteiger charge is -2.22. The van der Waals surface area contributed by atoms with E-state index in [1.165, 1.54) is 16.4 Å². The Bertz CT molecular complexity index is 618. The van der Waals surface area contributed by atoms with E-state index in [-0.39, 0.29) is 17.0 Å². The maximum Gasteiger partial charge on any atom is 0.246 e. The Morgan fingerprint density at radius 1 is 1.43 bits per heavy atom. The van der Waals surface area contributed by atoms with Crippen LogP contribution in [0.2, 0.25) is 0 Å². The fourth-order valence-electron chi connectivity index (χ4n) is 2.24. The molecule has 1 aromatic rings. The van der Waals surface area contributed by atoms with Crippen LogP contribution in [0.5, 0.6) is 0 Å². The summed E-state index contributed by atoms with van der Waals surface area (Å²) in [5, 5.41) is 0. The lowest BCUT2D eigenvalue weighted by atomic mass is 10.2. The molecule has 0 spiro atoms. The highest BCUT2D eigenvalue weighted by Gasteiger charge is 2.33. The second kappa shape index (κ2) is 6.73. The van der Waals surface area contributed by atoms with Crippen molar-refractivity contribution in [3.8, 4) is 0 Å². The van der Waals surface area contributed by atoms with Crippen LogP contribution in [0, 0.1) is 11.7 Å². The van der Waals surface area contributed by atoms with E-state index in [4.69, 9.17) is 5.73 Å². The summed E-state index contributed by atoms with van der Waals surface area (Å²) in [4.78, 5) is -0.286. The molecule has 118 valence electrons. The second-order valence-corrected chi connectivity index (χ2v) is 8.21. The minimum atomic E-state index is -3.83. The molecule has 2 N–H and O–H groups in total. The van der Waals surface area contributed by atoms with E-state index >= 15 is 0 Å². The third-order valence-corrected chi connectivity index (χ3v) is 5.87. The average Bonchev–Trinajstić information content (AvgIpc) is 3.24. The Kier molecular flexibility index (Phi) is 5.40. The van der Waals surface area contributed by atoms with Gasteiger partial charge in [-0.1, -0.05) is 22.9 Å². The van der Waals surface area contributed by atoms with Crippen LogP contribution in [0.15, 0.2) is 21.5 Å². The Morgan fingerprint density at radius 3 is 2.62 bits per heavy atom. The van der Waals surface area contributed by atoms with Gasteiger partial charge in [-0.15, -0.1) is 0 Å². The summed E-state index contributed by atoms with van der Waals surface area (Å²) in [6.45, 7) is 2.75. The fourth-order valence-corrected chi connectivity index (χ4v) is 4.64. The summed E-state index contributed by atoms with van der Waals surface area (Å²) in [6, 6.07) is 2.83. The van der Waals surface area contributed by atoms with Crippen molar-refractivity contribution in [2.75, 3.05) is 13.1 Å². The number of hydrogen-bond donors (Lipinski definition) is 1. The van der Waals surface area contributed by atoms with Crippen LogP contribution in [0.1, 0.15) is 31.7 Å². The van der Waals surface area contributed by atoms with Crippen LogP contribution >= 0.6 is 15.9 Å². The van der Waals surface area contributed by atoms with Crippen molar-refractivity contribution in [3.63, 3.8) is 0 Å². The van der Waals surface area contributed by atoms with Crippen molar-refractivity contribution in [2.24, 2.45) is 11.7 Å². The SMILES string of the molecule is CCCN(CC1CC1)S(=O)(=O)c1cc(Br)cc(CN)c1F. The van der Waals surface area contributed by atoms with Crippen LogP contribution < -0.4 is 5.73 Å². The summed E-state index contributed by atoms with van der Waals surface area (Å²) < 4.78 is 41.8. The van der Waals surface area contributed by atoms with Gasteiger partial charge in [-0.05, 0) is 37.3 Å². The number of benzene rings is 1. The molecule has 0 radical (unpaired) electrons. The summed E-state index contributed by atoms with van der Waals surface area (Å²) in [5.74, 6) is -0.326. The lowest BCUT2D eigenvalue weighted by molar-refractivity contribution is 0.392. The zero-order chi connectivity index (χ0) is 15.6. The van der Waals surface area contributed by atoms with E-state index in [9.17, 15) is 12.8 Å². The first-order chi connectivity index (χ1) is 9.90. The first-order valence-electron chi connectivity index (χ1n) is 7.08. The molecule has 0 aliphatic heterocycles. The van der Waals surface area contributed by atoms with E-state index in [0.717, 1.165) is 12.8 Å². The average molecular weight is 379 g/mol. The molecule has 0 bridgehead atoms. The Hall–Kier alpha value is -0.500. The third kappa shape index (κ3) is 3.83. The fraction of sp³-hybridized carbons (Fsp3) is 0.571. The summed E-state index contributed by atoms with van der Waals surface area (Å²) in [7, 11) is -3.83. The van der Waals surface area contributed by atoms with Crippen LogP contribution in [0.3, 0.4) is 0 Å². The molecule has 1 aliphatic rings. The largest absolute Gasteiger partial charge is 0.326 e. The Labute approximate surface area is 133 Å². The third-order valence-electron chi connectivity index (χ3n) is 3.55. The Morgan fingerprint density at radius 2 is 2.10 bits per heavy atom. The predicted octanol–water partition coefficient (Wildman–Crippen LogP) is 2.86. The predicted molar refractivity (Wildman–Crippen MR) is 83.8 cm³/mol. The maximum absolute atomic E-state index is 14.4. The molecule has 0 atom stereocenters. The van der Waals surface area contributed by atoms with Gasteiger partial charge in [0, 0.05) is 29.7 Å². The van der Waals surface area contributed by atoms with Gasteiger partial charge in [0.25, 0.3) is 0 Å². The van der Waals surface area contributed by atoms with Gasteiger partial charge in [-0.3, -0.25) is 0 Å². The van der Waals surface area contributed by atoms with Gasteiger partial charge >= 0.3 is 0 Å². The quantitative estimate of drug-likeness (QED) is 0.793.